The van der Waals surface area contributed by atoms with Gasteiger partial charge in [-0.2, -0.15) is 0 Å². The Balaban J connectivity index is 1.95. The van der Waals surface area contributed by atoms with Crippen LogP contribution in [0.25, 0.3) is 0 Å². The van der Waals surface area contributed by atoms with Crippen LogP contribution in [0.15, 0.2) is 36.4 Å². The zero-order valence-corrected chi connectivity index (χ0v) is 14.6. The van der Waals surface area contributed by atoms with Crippen LogP contribution < -0.4 is 19.5 Å². The van der Waals surface area contributed by atoms with E-state index in [-0.39, 0.29) is 5.91 Å². The van der Waals surface area contributed by atoms with Crippen LogP contribution >= 0.6 is 11.6 Å². The lowest BCUT2D eigenvalue weighted by Crippen LogP contribution is -2.26. The number of halogens is 1. The first-order chi connectivity index (χ1) is 11.6. The summed E-state index contributed by atoms with van der Waals surface area (Å²) < 4.78 is 15.5. The minimum Gasteiger partial charge on any atom is -0.497 e. The molecule has 0 aliphatic heterocycles. The van der Waals surface area contributed by atoms with Crippen LogP contribution in [0.3, 0.4) is 0 Å². The Morgan fingerprint density at radius 2 is 1.75 bits per heavy atom. The summed E-state index contributed by atoms with van der Waals surface area (Å²) in [7, 11) is 4.74. The molecule has 0 saturated carbocycles. The zero-order chi connectivity index (χ0) is 17.5. The molecule has 0 bridgehead atoms. The van der Waals surface area contributed by atoms with E-state index in [1.54, 1.807) is 39.5 Å². The van der Waals surface area contributed by atoms with Crippen LogP contribution in [0.4, 0.5) is 0 Å². The lowest BCUT2D eigenvalue weighted by Gasteiger charge is -2.11. The van der Waals surface area contributed by atoms with Gasteiger partial charge in [0.2, 0.25) is 0 Å². The summed E-state index contributed by atoms with van der Waals surface area (Å²) in [6, 6.07) is 10.6. The summed E-state index contributed by atoms with van der Waals surface area (Å²) in [4.78, 5) is 12.2. The van der Waals surface area contributed by atoms with Gasteiger partial charge in [-0.25, -0.2) is 0 Å². The van der Waals surface area contributed by atoms with E-state index < -0.39 is 0 Å². The lowest BCUT2D eigenvalue weighted by molar-refractivity contribution is 0.0954. The van der Waals surface area contributed by atoms with Gasteiger partial charge in [0.25, 0.3) is 5.91 Å². The molecule has 5 nitrogen and oxygen atoms in total. The van der Waals surface area contributed by atoms with Crippen molar-refractivity contribution in [3.05, 3.63) is 52.5 Å². The van der Waals surface area contributed by atoms with Crippen LogP contribution in [-0.4, -0.2) is 33.8 Å². The van der Waals surface area contributed by atoms with E-state index >= 15 is 0 Å². The van der Waals surface area contributed by atoms with E-state index in [0.29, 0.717) is 40.8 Å². The SMILES string of the molecule is COc1ccc(C(=O)NCCc2ccc(OC)c(OC)c2)c(Cl)c1. The summed E-state index contributed by atoms with van der Waals surface area (Å²) in [6.07, 6.45) is 0.667. The van der Waals surface area contributed by atoms with Gasteiger partial charge in [-0.3, -0.25) is 4.79 Å². The van der Waals surface area contributed by atoms with Crippen molar-refractivity contribution in [3.63, 3.8) is 0 Å². The van der Waals surface area contributed by atoms with Gasteiger partial charge in [0.15, 0.2) is 11.5 Å². The van der Waals surface area contributed by atoms with Gasteiger partial charge < -0.3 is 19.5 Å². The molecule has 2 aromatic rings. The Bertz CT molecular complexity index is 718. The molecule has 2 aromatic carbocycles. The minimum atomic E-state index is -0.219. The monoisotopic (exact) mass is 349 g/mol. The van der Waals surface area contributed by atoms with Crippen molar-refractivity contribution in [1.29, 1.82) is 0 Å². The average Bonchev–Trinajstić information content (AvgIpc) is 2.61. The molecular weight excluding hydrogens is 330 g/mol. The molecule has 0 fully saturated rings. The Kier molecular flexibility index (Phi) is 6.32. The molecule has 0 aromatic heterocycles. The zero-order valence-electron chi connectivity index (χ0n) is 13.9. The van der Waals surface area contributed by atoms with Crippen molar-refractivity contribution in [2.24, 2.45) is 0 Å². The highest BCUT2D eigenvalue weighted by Crippen LogP contribution is 2.27. The maximum absolute atomic E-state index is 12.2. The Morgan fingerprint density at radius 1 is 1.00 bits per heavy atom. The number of methoxy groups -OCH3 is 3. The largest absolute Gasteiger partial charge is 0.497 e. The molecule has 128 valence electrons. The quantitative estimate of drug-likeness (QED) is 0.833. The highest BCUT2D eigenvalue weighted by molar-refractivity contribution is 6.34. The summed E-state index contributed by atoms with van der Waals surface area (Å²) in [6.45, 7) is 0.483. The highest BCUT2D eigenvalue weighted by atomic mass is 35.5. The maximum atomic E-state index is 12.2. The molecule has 1 amide bonds. The van der Waals surface area contributed by atoms with Gasteiger partial charge in [0.05, 0.1) is 31.9 Å². The van der Waals surface area contributed by atoms with E-state index in [1.165, 1.54) is 0 Å². The van der Waals surface area contributed by atoms with Crippen LogP contribution in [-0.2, 0) is 6.42 Å². The van der Waals surface area contributed by atoms with Gasteiger partial charge in [0.1, 0.15) is 5.75 Å². The van der Waals surface area contributed by atoms with Gasteiger partial charge in [-0.1, -0.05) is 17.7 Å². The topological polar surface area (TPSA) is 56.8 Å². The Hall–Kier alpha value is -2.40. The first kappa shape index (κ1) is 17.9. The van der Waals surface area contributed by atoms with Crippen molar-refractivity contribution in [2.45, 2.75) is 6.42 Å². The molecule has 0 spiro atoms. The standard InChI is InChI=1S/C18H20ClNO4/c1-22-13-5-6-14(15(19)11-13)18(21)20-9-8-12-4-7-16(23-2)17(10-12)24-3/h4-7,10-11H,8-9H2,1-3H3,(H,20,21). The third-order valence-electron chi connectivity index (χ3n) is 3.57. The van der Waals surface area contributed by atoms with E-state index in [1.807, 2.05) is 18.2 Å². The van der Waals surface area contributed by atoms with E-state index in [0.717, 1.165) is 5.56 Å². The number of rotatable bonds is 7. The third-order valence-corrected chi connectivity index (χ3v) is 3.88. The molecule has 0 aliphatic rings. The maximum Gasteiger partial charge on any atom is 0.252 e. The smallest absolute Gasteiger partial charge is 0.252 e. The molecule has 0 unspecified atom stereocenters. The first-order valence-corrected chi connectivity index (χ1v) is 7.79. The number of ether oxygens (including phenoxy) is 3. The third kappa shape index (κ3) is 4.32. The fourth-order valence-electron chi connectivity index (χ4n) is 2.26. The van der Waals surface area contributed by atoms with Crippen molar-refractivity contribution in [1.82, 2.24) is 5.32 Å². The molecule has 2 rings (SSSR count). The number of benzene rings is 2. The number of hydrogen-bond donors (Lipinski definition) is 1. The summed E-state index contributed by atoms with van der Waals surface area (Å²) in [5, 5.41) is 3.21. The van der Waals surface area contributed by atoms with Gasteiger partial charge in [-0.05, 0) is 42.3 Å². The van der Waals surface area contributed by atoms with E-state index in [4.69, 9.17) is 25.8 Å². The number of nitrogens with one attached hydrogen (secondary N) is 1. The van der Waals surface area contributed by atoms with Crippen LogP contribution in [0.1, 0.15) is 15.9 Å². The molecular formula is C18H20ClNO4. The fraction of sp³-hybridized carbons (Fsp3) is 0.278. The summed E-state index contributed by atoms with van der Waals surface area (Å²) in [5.41, 5.74) is 1.46. The predicted octanol–water partition coefficient (Wildman–Crippen LogP) is 3.34. The summed E-state index contributed by atoms with van der Waals surface area (Å²) in [5.74, 6) is 1.74. The molecule has 24 heavy (non-hydrogen) atoms. The van der Waals surface area contributed by atoms with E-state index in [2.05, 4.69) is 5.32 Å². The molecule has 6 heteroatoms. The number of carbonyl (C=O) groups is 1. The van der Waals surface area contributed by atoms with Gasteiger partial charge in [-0.15, -0.1) is 0 Å². The molecule has 0 radical (unpaired) electrons. The van der Waals surface area contributed by atoms with Gasteiger partial charge >= 0.3 is 0 Å². The molecule has 0 saturated heterocycles. The summed E-state index contributed by atoms with van der Waals surface area (Å²) >= 11 is 6.10. The van der Waals surface area contributed by atoms with Gasteiger partial charge in [0, 0.05) is 6.54 Å². The lowest BCUT2D eigenvalue weighted by atomic mass is 10.1. The second-order valence-corrected chi connectivity index (χ2v) is 5.45. The van der Waals surface area contributed by atoms with Crippen molar-refractivity contribution < 1.29 is 19.0 Å². The molecule has 0 heterocycles. The number of hydrogen-bond acceptors (Lipinski definition) is 4. The van der Waals surface area contributed by atoms with Crippen LogP contribution in [0.2, 0.25) is 5.02 Å². The van der Waals surface area contributed by atoms with Crippen LogP contribution in [0.5, 0.6) is 17.2 Å². The number of carbonyl (C=O) groups excluding carboxylic acids is 1. The van der Waals surface area contributed by atoms with Crippen molar-refractivity contribution in [2.75, 3.05) is 27.9 Å². The molecule has 0 aliphatic carbocycles. The van der Waals surface area contributed by atoms with Crippen LogP contribution in [0, 0.1) is 0 Å². The predicted molar refractivity (Wildman–Crippen MR) is 93.6 cm³/mol. The molecule has 0 atom stereocenters. The average molecular weight is 350 g/mol. The second kappa shape index (κ2) is 8.45. The fourth-order valence-corrected chi connectivity index (χ4v) is 2.52. The first-order valence-electron chi connectivity index (χ1n) is 7.41. The second-order valence-electron chi connectivity index (χ2n) is 5.04. The van der Waals surface area contributed by atoms with Crippen molar-refractivity contribution in [3.8, 4) is 17.2 Å². The molecule has 1 N–H and O–H groups in total. The minimum absolute atomic E-state index is 0.219. The van der Waals surface area contributed by atoms with E-state index in [9.17, 15) is 4.79 Å². The Labute approximate surface area is 146 Å². The number of amides is 1. The Morgan fingerprint density at radius 3 is 2.38 bits per heavy atom. The van der Waals surface area contributed by atoms with Crippen molar-refractivity contribution >= 4 is 17.5 Å². The highest BCUT2D eigenvalue weighted by Gasteiger charge is 2.11. The normalized spacial score (nSPS) is 10.2.